The molecule has 0 aromatic carbocycles. The summed E-state index contributed by atoms with van der Waals surface area (Å²) in [6.45, 7) is 13.4. The molecule has 3 saturated heterocycles. The maximum atomic E-state index is 13.8. The van der Waals surface area contributed by atoms with Gasteiger partial charge in [0.15, 0.2) is 18.7 Å². The number of ether oxygens (including phenoxy) is 13. The molecule has 3 rings (SSSR count). The predicted molar refractivity (Wildman–Crippen MR) is 238 cm³/mol. The number of aliphatic hydroxyl groups excluding tert-OH is 4. The first-order valence-electron chi connectivity index (χ1n) is 24.4. The second-order valence-corrected chi connectivity index (χ2v) is 17.2. The van der Waals surface area contributed by atoms with E-state index in [4.69, 9.17) is 61.6 Å². The molecule has 392 valence electrons. The zero-order valence-corrected chi connectivity index (χ0v) is 41.0. The number of hydrogen-bond donors (Lipinski definition) is 5. The van der Waals surface area contributed by atoms with Crippen LogP contribution < -0.4 is 5.32 Å². The number of esters is 2. The van der Waals surface area contributed by atoms with Crippen molar-refractivity contribution in [3.63, 3.8) is 0 Å². The van der Waals surface area contributed by atoms with Gasteiger partial charge in [0.2, 0.25) is 0 Å². The highest BCUT2D eigenvalue weighted by molar-refractivity contribution is 5.79. The highest BCUT2D eigenvalue weighted by atomic mass is 16.8. The number of fused-ring (bicyclic) bond motifs is 1. The van der Waals surface area contributed by atoms with Crippen LogP contribution in [0.2, 0.25) is 0 Å². The van der Waals surface area contributed by atoms with E-state index in [-0.39, 0.29) is 26.4 Å². The smallest absolute Gasteiger partial charge is 0.407 e. The number of carbonyl (C=O) groups excluding carboxylic acids is 3. The first kappa shape index (κ1) is 59.0. The fraction of sp³-hybridized carbons (Fsp3) is 0.935. The third-order valence-electron chi connectivity index (χ3n) is 11.7. The number of unbranched alkanes of at least 4 members (excludes halogenated alkanes) is 5. The molecule has 0 aromatic rings. The summed E-state index contributed by atoms with van der Waals surface area (Å²) in [5, 5.41) is 46.9. The van der Waals surface area contributed by atoms with Gasteiger partial charge < -0.3 is 87.3 Å². The van der Waals surface area contributed by atoms with E-state index in [1.54, 1.807) is 6.92 Å². The van der Waals surface area contributed by atoms with Crippen LogP contribution in [-0.4, -0.2) is 197 Å². The van der Waals surface area contributed by atoms with E-state index < -0.39 is 129 Å². The Morgan fingerprint density at radius 3 is 2.01 bits per heavy atom. The van der Waals surface area contributed by atoms with Crippen molar-refractivity contribution in [1.29, 1.82) is 0 Å². The van der Waals surface area contributed by atoms with Gasteiger partial charge in [-0.1, -0.05) is 66.7 Å². The van der Waals surface area contributed by atoms with Crippen molar-refractivity contribution >= 4 is 18.0 Å². The molecule has 0 aliphatic carbocycles. The minimum absolute atomic E-state index is 0.0251. The molecule has 21 nitrogen and oxygen atoms in total. The third-order valence-corrected chi connectivity index (χ3v) is 11.7. The minimum atomic E-state index is -2.40. The molecular weight excluding hydrogens is 886 g/mol. The fourth-order valence-electron chi connectivity index (χ4n) is 7.70. The first-order valence-corrected chi connectivity index (χ1v) is 24.4. The minimum Gasteiger partial charge on any atom is -0.465 e. The molecule has 0 radical (unpaired) electrons. The molecule has 67 heavy (non-hydrogen) atoms. The normalized spacial score (nSPS) is 28.9. The Hall–Kier alpha value is -2.35. The number of carbonyl (C=O) groups is 3. The van der Waals surface area contributed by atoms with Gasteiger partial charge in [0, 0.05) is 40.0 Å². The molecule has 3 fully saturated rings. The molecule has 3 aliphatic rings. The number of methoxy groups -OCH3 is 1. The molecule has 15 atom stereocenters. The molecule has 3 aliphatic heterocycles. The lowest BCUT2D eigenvalue weighted by atomic mass is 9.89. The van der Waals surface area contributed by atoms with Crippen LogP contribution >= 0.6 is 0 Å². The Kier molecular flexibility index (Phi) is 28.0. The van der Waals surface area contributed by atoms with Crippen LogP contribution in [0, 0.1) is 0 Å². The summed E-state index contributed by atoms with van der Waals surface area (Å²) < 4.78 is 78.7. The molecule has 0 bridgehead atoms. The van der Waals surface area contributed by atoms with Crippen molar-refractivity contribution in [2.45, 2.75) is 211 Å². The van der Waals surface area contributed by atoms with E-state index in [1.165, 1.54) is 0 Å². The largest absolute Gasteiger partial charge is 0.465 e. The Morgan fingerprint density at radius 1 is 0.851 bits per heavy atom. The zero-order valence-electron chi connectivity index (χ0n) is 41.0. The number of rotatable bonds is 36. The van der Waals surface area contributed by atoms with Crippen LogP contribution in [0.4, 0.5) is 4.79 Å². The van der Waals surface area contributed by atoms with Gasteiger partial charge >= 0.3 is 18.0 Å². The fourth-order valence-corrected chi connectivity index (χ4v) is 7.70. The average Bonchev–Trinajstić information content (AvgIpc) is 3.69. The monoisotopic (exact) mass is 970 g/mol. The summed E-state index contributed by atoms with van der Waals surface area (Å²) in [6.07, 6.45) is -9.32. The lowest BCUT2D eigenvalue weighted by Gasteiger charge is -2.47. The van der Waals surface area contributed by atoms with Crippen molar-refractivity contribution < 1.29 is 96.4 Å². The van der Waals surface area contributed by atoms with Crippen molar-refractivity contribution in [1.82, 2.24) is 5.32 Å². The topological polar surface area (TPSA) is 264 Å². The Labute approximate surface area is 396 Å². The van der Waals surface area contributed by atoms with Crippen molar-refractivity contribution in [2.75, 3.05) is 66.6 Å². The maximum absolute atomic E-state index is 13.8. The van der Waals surface area contributed by atoms with Crippen LogP contribution in [0.3, 0.4) is 0 Å². The third kappa shape index (κ3) is 18.4. The summed E-state index contributed by atoms with van der Waals surface area (Å²) in [6, 6.07) is -1.07. The van der Waals surface area contributed by atoms with Crippen LogP contribution in [0.15, 0.2) is 0 Å². The maximum Gasteiger partial charge on any atom is 0.407 e. The van der Waals surface area contributed by atoms with Crippen molar-refractivity contribution in [2.24, 2.45) is 0 Å². The average molecular weight is 970 g/mol. The van der Waals surface area contributed by atoms with Gasteiger partial charge in [-0.15, -0.1) is 0 Å². The van der Waals surface area contributed by atoms with E-state index in [0.29, 0.717) is 32.7 Å². The highest BCUT2D eigenvalue weighted by Crippen LogP contribution is 2.39. The lowest BCUT2D eigenvalue weighted by molar-refractivity contribution is -0.352. The number of hydrogen-bond acceptors (Lipinski definition) is 20. The van der Waals surface area contributed by atoms with Gasteiger partial charge in [0.25, 0.3) is 5.79 Å². The van der Waals surface area contributed by atoms with Crippen LogP contribution in [0.5, 0.6) is 0 Å². The Bertz CT molecular complexity index is 1380. The van der Waals surface area contributed by atoms with E-state index in [0.717, 1.165) is 65.4 Å². The predicted octanol–water partition coefficient (Wildman–Crippen LogP) is 2.81. The van der Waals surface area contributed by atoms with E-state index in [9.17, 15) is 34.8 Å². The van der Waals surface area contributed by atoms with Gasteiger partial charge in [0.05, 0.1) is 52.1 Å². The van der Waals surface area contributed by atoms with Crippen molar-refractivity contribution in [3.8, 4) is 0 Å². The molecule has 5 N–H and O–H groups in total. The Balaban J connectivity index is 2.01. The second kappa shape index (κ2) is 31.8. The summed E-state index contributed by atoms with van der Waals surface area (Å²) in [7, 11) is 1.08. The quantitative estimate of drug-likeness (QED) is 0.0262. The zero-order chi connectivity index (χ0) is 49.4. The van der Waals surface area contributed by atoms with Crippen LogP contribution in [-0.2, 0) is 71.2 Å². The lowest BCUT2D eigenvalue weighted by Crippen LogP contribution is -2.67. The van der Waals surface area contributed by atoms with Gasteiger partial charge in [-0.25, -0.2) is 9.59 Å². The molecule has 4 unspecified atom stereocenters. The summed E-state index contributed by atoms with van der Waals surface area (Å²) >= 11 is 0. The van der Waals surface area contributed by atoms with Crippen molar-refractivity contribution in [3.05, 3.63) is 0 Å². The molecule has 0 saturated carbocycles. The summed E-state index contributed by atoms with van der Waals surface area (Å²) in [4.78, 5) is 38.6. The molecule has 0 spiro atoms. The van der Waals surface area contributed by atoms with Crippen LogP contribution in [0.1, 0.15) is 119 Å². The molecule has 21 heteroatoms. The SMILES string of the molecule is CCCCOCC(O[C@@H](O)[C@H](COCCCC)OCCCC)[C@H](C)O[C@@H]1OC(CO[C@]2(C(=O)OC)C[C@H]3OC(=O)N[C@H]3C([C@H](OC(C)=O)[C@H](O)CO)O2)[C@H](O)C(OCCCC)[C@@H]1OCCCC. The number of aliphatic hydroxyl groups is 4. The summed E-state index contributed by atoms with van der Waals surface area (Å²) in [5.41, 5.74) is 0. The Morgan fingerprint density at radius 2 is 1.43 bits per heavy atom. The molecule has 0 aromatic heterocycles. The second-order valence-electron chi connectivity index (χ2n) is 17.2. The molecule has 1 amide bonds. The summed E-state index contributed by atoms with van der Waals surface area (Å²) in [5.74, 6) is -4.34. The van der Waals surface area contributed by atoms with E-state index >= 15 is 0 Å². The van der Waals surface area contributed by atoms with Crippen LogP contribution in [0.25, 0.3) is 0 Å². The number of nitrogens with one attached hydrogen (secondary N) is 1. The first-order chi connectivity index (χ1) is 32.2. The van der Waals surface area contributed by atoms with E-state index in [1.807, 2.05) is 27.7 Å². The van der Waals surface area contributed by atoms with Gasteiger partial charge in [-0.05, 0) is 39.0 Å². The molecular formula is C46H83NO20. The standard InChI is InChI=1S/C46H83NO20/c1-9-14-19-56-26-33(64-42(52)35(58-21-16-11-3)27-57-20-15-10-2)29(6)62-43-41(60-23-18-13-5)40(59-22-17-12-4)37(51)34(65-43)28-61-46(44(53)55-8)24-32-36(47-45(54)66-32)39(67-46)38(31(50)25-48)63-30(7)49/h29,31-43,48,50-52H,9-28H2,1-8H3,(H,47,54)/t29-,31+,32+,33?,34?,35-,36+,37-,38+,39?,40?,41-,42+,43+,46+/m0/s1. The van der Waals surface area contributed by atoms with Gasteiger partial charge in [0.1, 0.15) is 54.9 Å². The van der Waals surface area contributed by atoms with Gasteiger partial charge in [-0.3, -0.25) is 4.79 Å². The number of amides is 1. The number of alkyl carbamates (subject to hydrolysis) is 1. The molecule has 3 heterocycles. The highest BCUT2D eigenvalue weighted by Gasteiger charge is 2.61. The van der Waals surface area contributed by atoms with E-state index in [2.05, 4.69) is 12.2 Å². The van der Waals surface area contributed by atoms with Gasteiger partial charge in [-0.2, -0.15) is 0 Å².